The molecule has 2 amide bonds. The van der Waals surface area contributed by atoms with Crippen molar-refractivity contribution in [1.82, 2.24) is 0 Å². The fraction of sp³-hybridized carbons (Fsp3) is 0.417. The lowest BCUT2D eigenvalue weighted by Crippen LogP contribution is -2.27. The highest BCUT2D eigenvalue weighted by Gasteiger charge is 2.22. The van der Waals surface area contributed by atoms with E-state index in [1.807, 2.05) is 41.5 Å². The Balaban J connectivity index is 2.29. The minimum atomic E-state index is -0.521. The second-order valence-electron chi connectivity index (χ2n) is 7.84. The van der Waals surface area contributed by atoms with E-state index >= 15 is 0 Å². The maximum absolute atomic E-state index is 12.9. The normalized spacial score (nSPS) is 10.9. The molecular formula is C24H32N2O5. The van der Waals surface area contributed by atoms with E-state index in [1.54, 1.807) is 36.4 Å². The Morgan fingerprint density at radius 3 is 1.81 bits per heavy atom. The SMILES string of the molecule is CCOc1cc(C(=O)Nc2cccc(NC(=O)C(C)(C)C)c2)cc(OCC)c1OCC. The molecule has 0 aliphatic heterocycles. The molecule has 0 aromatic heterocycles. The predicted octanol–water partition coefficient (Wildman–Crippen LogP) is 5.12. The van der Waals surface area contributed by atoms with Gasteiger partial charge in [-0.1, -0.05) is 26.8 Å². The van der Waals surface area contributed by atoms with Gasteiger partial charge >= 0.3 is 0 Å². The average Bonchev–Trinajstić information content (AvgIpc) is 2.70. The molecule has 0 bridgehead atoms. The minimum absolute atomic E-state index is 0.106. The zero-order valence-corrected chi connectivity index (χ0v) is 19.1. The van der Waals surface area contributed by atoms with E-state index in [-0.39, 0.29) is 11.8 Å². The van der Waals surface area contributed by atoms with E-state index in [0.717, 1.165) is 0 Å². The molecule has 168 valence electrons. The number of benzene rings is 2. The maximum atomic E-state index is 12.9. The van der Waals surface area contributed by atoms with E-state index in [9.17, 15) is 9.59 Å². The highest BCUT2D eigenvalue weighted by atomic mass is 16.5. The van der Waals surface area contributed by atoms with Crippen molar-refractivity contribution < 1.29 is 23.8 Å². The van der Waals surface area contributed by atoms with Gasteiger partial charge in [-0.3, -0.25) is 9.59 Å². The zero-order chi connectivity index (χ0) is 23.0. The molecule has 0 fully saturated rings. The number of amides is 2. The molecule has 0 unspecified atom stereocenters. The number of rotatable bonds is 9. The summed E-state index contributed by atoms with van der Waals surface area (Å²) in [6.07, 6.45) is 0. The molecule has 2 N–H and O–H groups in total. The van der Waals surface area contributed by atoms with Crippen LogP contribution >= 0.6 is 0 Å². The molecule has 2 rings (SSSR count). The van der Waals surface area contributed by atoms with Crippen molar-refractivity contribution in [2.45, 2.75) is 41.5 Å². The first-order chi connectivity index (χ1) is 14.7. The van der Waals surface area contributed by atoms with Crippen LogP contribution < -0.4 is 24.8 Å². The largest absolute Gasteiger partial charge is 0.490 e. The number of carbonyl (C=O) groups is 2. The lowest BCUT2D eigenvalue weighted by molar-refractivity contribution is -0.123. The summed E-state index contributed by atoms with van der Waals surface area (Å²) in [5.41, 5.74) is 1.02. The van der Waals surface area contributed by atoms with Gasteiger partial charge in [-0.25, -0.2) is 0 Å². The Kier molecular flexibility index (Phi) is 8.30. The standard InChI is InChI=1S/C24H32N2O5/c1-7-29-19-13-16(14-20(30-8-2)21(19)31-9-3)22(27)25-17-11-10-12-18(15-17)26-23(28)24(4,5)6/h10-15H,7-9H2,1-6H3,(H,25,27)(H,26,28). The van der Waals surface area contributed by atoms with Crippen molar-refractivity contribution in [3.05, 3.63) is 42.0 Å². The number of hydrogen-bond donors (Lipinski definition) is 2. The summed E-state index contributed by atoms with van der Waals surface area (Å²) in [5, 5.41) is 5.72. The van der Waals surface area contributed by atoms with Crippen LogP contribution in [-0.2, 0) is 4.79 Å². The molecule has 7 nitrogen and oxygen atoms in total. The van der Waals surface area contributed by atoms with E-state index in [0.29, 0.717) is 54.0 Å². The van der Waals surface area contributed by atoms with Crippen molar-refractivity contribution in [1.29, 1.82) is 0 Å². The van der Waals surface area contributed by atoms with E-state index in [4.69, 9.17) is 14.2 Å². The van der Waals surface area contributed by atoms with Crippen LogP contribution in [0.15, 0.2) is 36.4 Å². The first-order valence-electron chi connectivity index (χ1n) is 10.5. The van der Waals surface area contributed by atoms with Crippen LogP contribution in [-0.4, -0.2) is 31.6 Å². The van der Waals surface area contributed by atoms with Gasteiger partial charge in [0.1, 0.15) is 0 Å². The summed E-state index contributed by atoms with van der Waals surface area (Å²) in [7, 11) is 0. The highest BCUT2D eigenvalue weighted by molar-refractivity contribution is 6.05. The monoisotopic (exact) mass is 428 g/mol. The number of nitrogens with one attached hydrogen (secondary N) is 2. The van der Waals surface area contributed by atoms with E-state index in [1.165, 1.54) is 0 Å². The smallest absolute Gasteiger partial charge is 0.255 e. The van der Waals surface area contributed by atoms with Crippen LogP contribution in [0.2, 0.25) is 0 Å². The van der Waals surface area contributed by atoms with Gasteiger partial charge in [-0.2, -0.15) is 0 Å². The van der Waals surface area contributed by atoms with Gasteiger partial charge in [0, 0.05) is 22.4 Å². The van der Waals surface area contributed by atoms with Gasteiger partial charge in [0.05, 0.1) is 19.8 Å². The molecule has 0 heterocycles. The van der Waals surface area contributed by atoms with Crippen LogP contribution in [0.5, 0.6) is 17.2 Å². The summed E-state index contributed by atoms with van der Waals surface area (Å²) in [4.78, 5) is 25.2. The quantitative estimate of drug-likeness (QED) is 0.579. The summed E-state index contributed by atoms with van der Waals surface area (Å²) >= 11 is 0. The van der Waals surface area contributed by atoms with Crippen molar-refractivity contribution in [2.24, 2.45) is 5.41 Å². The van der Waals surface area contributed by atoms with Crippen LogP contribution in [0.3, 0.4) is 0 Å². The van der Waals surface area contributed by atoms with Gasteiger partial charge in [-0.05, 0) is 51.1 Å². The number of anilines is 2. The van der Waals surface area contributed by atoms with Gasteiger partial charge in [0.15, 0.2) is 11.5 Å². The third kappa shape index (κ3) is 6.64. The Morgan fingerprint density at radius 2 is 1.32 bits per heavy atom. The number of hydrogen-bond acceptors (Lipinski definition) is 5. The van der Waals surface area contributed by atoms with Crippen molar-refractivity contribution >= 4 is 23.2 Å². The Hall–Kier alpha value is -3.22. The van der Waals surface area contributed by atoms with Gasteiger partial charge in [0.25, 0.3) is 5.91 Å². The molecule has 31 heavy (non-hydrogen) atoms. The zero-order valence-electron chi connectivity index (χ0n) is 19.1. The molecule has 0 aliphatic carbocycles. The van der Waals surface area contributed by atoms with Gasteiger partial charge in [-0.15, -0.1) is 0 Å². The summed E-state index contributed by atoms with van der Waals surface area (Å²) < 4.78 is 17.0. The fourth-order valence-corrected chi connectivity index (χ4v) is 2.72. The molecule has 0 saturated carbocycles. The minimum Gasteiger partial charge on any atom is -0.490 e. The third-order valence-electron chi connectivity index (χ3n) is 4.23. The lowest BCUT2D eigenvalue weighted by atomic mass is 9.95. The highest BCUT2D eigenvalue weighted by Crippen LogP contribution is 2.39. The molecule has 0 radical (unpaired) electrons. The van der Waals surface area contributed by atoms with Crippen LogP contribution in [0.25, 0.3) is 0 Å². The lowest BCUT2D eigenvalue weighted by Gasteiger charge is -2.18. The summed E-state index contributed by atoms with van der Waals surface area (Å²) in [5.74, 6) is 0.947. The van der Waals surface area contributed by atoms with Gasteiger partial charge < -0.3 is 24.8 Å². The predicted molar refractivity (Wildman–Crippen MR) is 122 cm³/mol. The first-order valence-corrected chi connectivity index (χ1v) is 10.5. The molecule has 2 aromatic carbocycles. The first kappa shape index (κ1) is 24.1. The van der Waals surface area contributed by atoms with Gasteiger partial charge in [0.2, 0.25) is 11.7 Å². The topological polar surface area (TPSA) is 85.9 Å². The maximum Gasteiger partial charge on any atom is 0.255 e. The van der Waals surface area contributed by atoms with Crippen LogP contribution in [0.1, 0.15) is 51.9 Å². The van der Waals surface area contributed by atoms with E-state index in [2.05, 4.69) is 10.6 Å². The van der Waals surface area contributed by atoms with Crippen molar-refractivity contribution in [3.63, 3.8) is 0 Å². The summed E-state index contributed by atoms with van der Waals surface area (Å²) in [6, 6.07) is 10.3. The molecular weight excluding hydrogens is 396 g/mol. The third-order valence-corrected chi connectivity index (χ3v) is 4.23. The second kappa shape index (κ2) is 10.7. The molecule has 0 atom stereocenters. The van der Waals surface area contributed by atoms with Crippen LogP contribution in [0, 0.1) is 5.41 Å². The average molecular weight is 429 g/mol. The molecule has 2 aromatic rings. The molecule has 0 aliphatic rings. The van der Waals surface area contributed by atoms with Crippen LogP contribution in [0.4, 0.5) is 11.4 Å². The summed E-state index contributed by atoms with van der Waals surface area (Å²) in [6.45, 7) is 12.4. The Labute approximate surface area is 184 Å². The second-order valence-corrected chi connectivity index (χ2v) is 7.84. The van der Waals surface area contributed by atoms with Crippen molar-refractivity contribution in [2.75, 3.05) is 30.5 Å². The Bertz CT molecular complexity index is 891. The fourth-order valence-electron chi connectivity index (χ4n) is 2.72. The van der Waals surface area contributed by atoms with E-state index < -0.39 is 5.41 Å². The molecule has 0 saturated heterocycles. The number of ether oxygens (including phenoxy) is 3. The Morgan fingerprint density at radius 1 is 0.806 bits per heavy atom. The number of carbonyl (C=O) groups excluding carboxylic acids is 2. The molecule has 7 heteroatoms. The molecule has 0 spiro atoms. The van der Waals surface area contributed by atoms with Crippen molar-refractivity contribution in [3.8, 4) is 17.2 Å².